The predicted molar refractivity (Wildman–Crippen MR) is 118 cm³/mol. The predicted octanol–water partition coefficient (Wildman–Crippen LogP) is 7.42. The van der Waals surface area contributed by atoms with Gasteiger partial charge >= 0.3 is 0 Å². The number of rotatable bonds is 18. The van der Waals surface area contributed by atoms with Crippen LogP contribution in [-0.4, -0.2) is 18.2 Å². The molecule has 0 radical (unpaired) electrons. The van der Waals surface area contributed by atoms with Gasteiger partial charge in [-0.2, -0.15) is 0 Å². The normalized spacial score (nSPS) is 17.8. The second-order valence-corrected chi connectivity index (χ2v) is 9.09. The summed E-state index contributed by atoms with van der Waals surface area (Å²) in [4.78, 5) is 0. The van der Waals surface area contributed by atoms with Gasteiger partial charge in [-0.3, -0.25) is 0 Å². The van der Waals surface area contributed by atoms with Crippen molar-refractivity contribution in [2.75, 3.05) is 6.61 Å². The van der Waals surface area contributed by atoms with Crippen LogP contribution in [0.4, 0.5) is 0 Å². The van der Waals surface area contributed by atoms with Crippen LogP contribution in [0.1, 0.15) is 124 Å². The van der Waals surface area contributed by atoms with Crippen molar-refractivity contribution < 1.29 is 4.74 Å². The van der Waals surface area contributed by atoms with E-state index >= 15 is 0 Å². The van der Waals surface area contributed by atoms with Crippen LogP contribution in [0.25, 0.3) is 0 Å². The fourth-order valence-corrected chi connectivity index (χ4v) is 3.90. The number of hydrogen-bond donors (Lipinski definition) is 1. The molecule has 2 atom stereocenters. The third-order valence-corrected chi connectivity index (χ3v) is 5.91. The lowest BCUT2D eigenvalue weighted by Gasteiger charge is -2.30. The van der Waals surface area contributed by atoms with E-state index in [-0.39, 0.29) is 17.9 Å². The third kappa shape index (κ3) is 15.3. The molecule has 0 amide bonds. The molecule has 2 unspecified atom stereocenters. The van der Waals surface area contributed by atoms with Crippen LogP contribution < -0.4 is 5.73 Å². The first-order valence-electron chi connectivity index (χ1n) is 11.4. The van der Waals surface area contributed by atoms with Gasteiger partial charge in [-0.25, -0.2) is 0 Å². The van der Waals surface area contributed by atoms with Gasteiger partial charge in [0.2, 0.25) is 0 Å². The number of halogens is 1. The molecule has 0 aromatic carbocycles. The summed E-state index contributed by atoms with van der Waals surface area (Å²) in [6, 6.07) is 0. The molecule has 1 fully saturated rings. The molecule has 0 aromatic rings. The summed E-state index contributed by atoms with van der Waals surface area (Å²) in [7, 11) is 0. The molecule has 1 aliphatic rings. The first-order chi connectivity index (χ1) is 12.0. The average Bonchev–Trinajstić information content (AvgIpc) is 3.37. The minimum Gasteiger partial charge on any atom is -0.373 e. The van der Waals surface area contributed by atoms with E-state index < -0.39 is 0 Å². The van der Waals surface area contributed by atoms with Gasteiger partial charge in [-0.1, -0.05) is 96.8 Å². The van der Waals surface area contributed by atoms with E-state index in [2.05, 4.69) is 20.8 Å². The maximum Gasteiger partial charge on any atom is 0.0813 e. The summed E-state index contributed by atoms with van der Waals surface area (Å²) >= 11 is 0. The quantitative estimate of drug-likeness (QED) is 0.195. The molecule has 1 saturated heterocycles. The molecule has 0 aromatic heterocycles. The minimum atomic E-state index is -0.0531. The van der Waals surface area contributed by atoms with Gasteiger partial charge in [0.25, 0.3) is 0 Å². The van der Waals surface area contributed by atoms with Gasteiger partial charge in [-0.15, -0.1) is 12.4 Å². The van der Waals surface area contributed by atoms with Gasteiger partial charge in [0.1, 0.15) is 0 Å². The van der Waals surface area contributed by atoms with Crippen LogP contribution in [0.15, 0.2) is 0 Å². The van der Waals surface area contributed by atoms with Crippen molar-refractivity contribution in [3.8, 4) is 0 Å². The Labute approximate surface area is 170 Å². The highest BCUT2D eigenvalue weighted by molar-refractivity contribution is 5.85. The molecular weight excluding hydrogens is 342 g/mol. The van der Waals surface area contributed by atoms with E-state index in [1.54, 1.807) is 0 Å². The van der Waals surface area contributed by atoms with Crippen LogP contribution >= 0.6 is 12.4 Å². The van der Waals surface area contributed by atoms with Crippen LogP contribution in [0.2, 0.25) is 0 Å². The minimum absolute atomic E-state index is 0. The molecule has 2 nitrogen and oxygen atoms in total. The molecule has 26 heavy (non-hydrogen) atoms. The van der Waals surface area contributed by atoms with Gasteiger partial charge in [0, 0.05) is 5.54 Å². The number of unbranched alkanes of at least 4 members (excludes halogenated alkanes) is 13. The number of epoxide rings is 1. The molecule has 1 aliphatic heterocycles. The van der Waals surface area contributed by atoms with Gasteiger partial charge < -0.3 is 10.5 Å². The topological polar surface area (TPSA) is 38.5 Å². The zero-order valence-electron chi connectivity index (χ0n) is 18.1. The lowest BCUT2D eigenvalue weighted by molar-refractivity contribution is 0.245. The fourth-order valence-electron chi connectivity index (χ4n) is 3.90. The molecule has 2 N–H and O–H groups in total. The summed E-state index contributed by atoms with van der Waals surface area (Å²) < 4.78 is 5.40. The van der Waals surface area contributed by atoms with E-state index in [4.69, 9.17) is 10.5 Å². The molecule has 0 spiro atoms. The lowest BCUT2D eigenvalue weighted by atomic mass is 9.81. The number of nitrogens with two attached hydrogens (primary N) is 1. The largest absolute Gasteiger partial charge is 0.373 e. The van der Waals surface area contributed by atoms with Crippen molar-refractivity contribution >= 4 is 12.4 Å². The van der Waals surface area contributed by atoms with Crippen molar-refractivity contribution in [2.45, 2.75) is 135 Å². The highest BCUT2D eigenvalue weighted by Gasteiger charge is 2.32. The summed E-state index contributed by atoms with van der Waals surface area (Å²) in [5, 5.41) is 0. The van der Waals surface area contributed by atoms with Crippen molar-refractivity contribution in [1.82, 2.24) is 0 Å². The Bertz CT molecular complexity index is 299. The highest BCUT2D eigenvalue weighted by atomic mass is 35.5. The van der Waals surface area contributed by atoms with E-state index in [9.17, 15) is 0 Å². The molecular formula is C23H48ClNO. The first kappa shape index (κ1) is 26.2. The van der Waals surface area contributed by atoms with Crippen LogP contribution in [0, 0.1) is 5.92 Å². The number of ether oxygens (including phenoxy) is 1. The van der Waals surface area contributed by atoms with Crippen molar-refractivity contribution in [1.29, 1.82) is 0 Å². The summed E-state index contributed by atoms with van der Waals surface area (Å²) in [5.41, 5.74) is 6.30. The molecule has 3 heteroatoms. The monoisotopic (exact) mass is 389 g/mol. The standard InChI is InChI=1S/C23H47NO.ClH/c1-4-5-6-7-8-9-10-11-12-13-14-15-16-17-18-21(23(2,3)24)19-22-20-25-22;/h21-22H,4-20,24H2,1-3H3;1H. The Hall–Kier alpha value is 0.210. The molecule has 0 bridgehead atoms. The smallest absolute Gasteiger partial charge is 0.0813 e. The molecule has 1 rings (SSSR count). The summed E-state index contributed by atoms with van der Waals surface area (Å²) in [6.45, 7) is 7.62. The third-order valence-electron chi connectivity index (χ3n) is 5.91. The van der Waals surface area contributed by atoms with E-state index in [0.717, 1.165) is 6.61 Å². The Morgan fingerprint density at radius 2 is 1.19 bits per heavy atom. The molecule has 158 valence electrons. The Kier molecular flexibility index (Phi) is 16.3. The SMILES string of the molecule is CCCCCCCCCCCCCCCCC(CC1CO1)C(C)(C)N.Cl. The number of hydrogen-bond acceptors (Lipinski definition) is 2. The van der Waals surface area contributed by atoms with Crippen LogP contribution in [0.5, 0.6) is 0 Å². The average molecular weight is 390 g/mol. The fraction of sp³-hybridized carbons (Fsp3) is 1.00. The van der Waals surface area contributed by atoms with E-state index in [1.165, 1.54) is 103 Å². The molecule has 0 aliphatic carbocycles. The highest BCUT2D eigenvalue weighted by Crippen LogP contribution is 2.30. The van der Waals surface area contributed by atoms with Gasteiger partial charge in [0.15, 0.2) is 0 Å². The van der Waals surface area contributed by atoms with Crippen LogP contribution in [0.3, 0.4) is 0 Å². The van der Waals surface area contributed by atoms with Crippen molar-refractivity contribution in [3.05, 3.63) is 0 Å². The second-order valence-electron chi connectivity index (χ2n) is 9.09. The Morgan fingerprint density at radius 3 is 1.54 bits per heavy atom. The Morgan fingerprint density at radius 1 is 0.808 bits per heavy atom. The van der Waals surface area contributed by atoms with Gasteiger partial charge in [-0.05, 0) is 32.6 Å². The summed E-state index contributed by atoms with van der Waals surface area (Å²) in [5.74, 6) is 0.623. The maximum absolute atomic E-state index is 6.35. The first-order valence-corrected chi connectivity index (χ1v) is 11.4. The maximum atomic E-state index is 6.35. The van der Waals surface area contributed by atoms with Gasteiger partial charge in [0.05, 0.1) is 12.7 Å². The molecule has 0 saturated carbocycles. The van der Waals surface area contributed by atoms with E-state index in [0.29, 0.717) is 12.0 Å². The lowest BCUT2D eigenvalue weighted by Crippen LogP contribution is -2.41. The zero-order valence-corrected chi connectivity index (χ0v) is 18.9. The molecule has 1 heterocycles. The van der Waals surface area contributed by atoms with Crippen molar-refractivity contribution in [3.63, 3.8) is 0 Å². The van der Waals surface area contributed by atoms with Crippen molar-refractivity contribution in [2.24, 2.45) is 11.7 Å². The van der Waals surface area contributed by atoms with E-state index in [1.807, 2.05) is 0 Å². The summed E-state index contributed by atoms with van der Waals surface area (Å²) in [6.07, 6.45) is 23.0. The second kappa shape index (κ2) is 16.2. The van der Waals surface area contributed by atoms with Crippen LogP contribution in [-0.2, 0) is 4.74 Å². The zero-order chi connectivity index (χ0) is 18.4. The Balaban J connectivity index is 0.00000625.